The van der Waals surface area contributed by atoms with Crippen molar-refractivity contribution in [1.82, 2.24) is 0 Å². The molecule has 0 aliphatic carbocycles. The van der Waals surface area contributed by atoms with Crippen LogP contribution in [-0.4, -0.2) is 48.2 Å². The Kier molecular flexibility index (Phi) is 2.78. The summed E-state index contributed by atoms with van der Waals surface area (Å²) in [6.45, 7) is 8.67. The van der Waals surface area contributed by atoms with E-state index in [0.717, 1.165) is 6.42 Å². The molecule has 0 bridgehead atoms. The van der Waals surface area contributed by atoms with Gasteiger partial charge in [-0.2, -0.15) is 0 Å². The molecule has 0 aromatic heterocycles. The van der Waals surface area contributed by atoms with Gasteiger partial charge in [-0.25, -0.2) is 0 Å². The number of hydrogen-bond acceptors (Lipinski definition) is 5. The highest BCUT2D eigenvalue weighted by molar-refractivity contribution is 4.99. The zero-order valence-electron chi connectivity index (χ0n) is 11.4. The maximum Gasteiger partial charge on any atom is 0.190 e. The Hall–Kier alpha value is -0.200. The second-order valence-corrected chi connectivity index (χ2v) is 6.78. The Balaban J connectivity index is 1.68. The van der Waals surface area contributed by atoms with Crippen LogP contribution in [0.25, 0.3) is 0 Å². The second-order valence-electron chi connectivity index (χ2n) is 6.78. The van der Waals surface area contributed by atoms with E-state index in [4.69, 9.17) is 18.9 Å². The van der Waals surface area contributed by atoms with Crippen LogP contribution >= 0.6 is 0 Å². The van der Waals surface area contributed by atoms with Gasteiger partial charge in [0.25, 0.3) is 0 Å². The highest BCUT2D eigenvalue weighted by atomic mass is 16.8. The van der Waals surface area contributed by atoms with Crippen LogP contribution in [-0.2, 0) is 18.9 Å². The van der Waals surface area contributed by atoms with E-state index in [1.54, 1.807) is 0 Å². The highest BCUT2D eigenvalue weighted by Gasteiger charge is 2.57. The maximum atomic E-state index is 10.3. The molecule has 5 nitrogen and oxygen atoms in total. The molecule has 0 saturated carbocycles. The Labute approximate surface area is 107 Å². The number of aliphatic hydroxyl groups excluding tert-OH is 1. The fraction of sp³-hybridized carbons (Fsp3) is 1.00. The summed E-state index contributed by atoms with van der Waals surface area (Å²) in [6.07, 6.45) is -1.11. The summed E-state index contributed by atoms with van der Waals surface area (Å²) in [6, 6.07) is 0. The third-order valence-corrected chi connectivity index (χ3v) is 3.86. The summed E-state index contributed by atoms with van der Waals surface area (Å²) in [5, 5.41) is 10.3. The molecular formula is C13H22O5. The Morgan fingerprint density at radius 1 is 1.06 bits per heavy atom. The smallest absolute Gasteiger partial charge is 0.190 e. The van der Waals surface area contributed by atoms with Crippen molar-refractivity contribution in [2.45, 2.75) is 70.6 Å². The lowest BCUT2D eigenvalue weighted by Crippen LogP contribution is -2.40. The van der Waals surface area contributed by atoms with Gasteiger partial charge < -0.3 is 24.1 Å². The molecule has 104 valence electrons. The first kappa shape index (κ1) is 12.8. The molecule has 0 aromatic rings. The van der Waals surface area contributed by atoms with Crippen molar-refractivity contribution in [2.75, 3.05) is 6.61 Å². The van der Waals surface area contributed by atoms with Crippen molar-refractivity contribution in [2.24, 2.45) is 5.41 Å². The fourth-order valence-electron chi connectivity index (χ4n) is 3.03. The molecule has 3 heterocycles. The Bertz CT molecular complexity index is 340. The average Bonchev–Trinajstić information content (AvgIpc) is 2.81. The summed E-state index contributed by atoms with van der Waals surface area (Å²) >= 11 is 0. The van der Waals surface area contributed by atoms with Crippen LogP contribution in [0.5, 0.6) is 0 Å². The van der Waals surface area contributed by atoms with Gasteiger partial charge in [0.05, 0.1) is 12.7 Å². The van der Waals surface area contributed by atoms with Crippen molar-refractivity contribution in [1.29, 1.82) is 0 Å². The second kappa shape index (κ2) is 3.90. The average molecular weight is 258 g/mol. The van der Waals surface area contributed by atoms with Gasteiger partial charge in [0.2, 0.25) is 0 Å². The van der Waals surface area contributed by atoms with Crippen LogP contribution in [0.15, 0.2) is 0 Å². The van der Waals surface area contributed by atoms with Crippen molar-refractivity contribution in [3.05, 3.63) is 0 Å². The maximum absolute atomic E-state index is 10.3. The molecule has 0 aromatic carbocycles. The molecule has 5 heteroatoms. The summed E-state index contributed by atoms with van der Waals surface area (Å²) in [7, 11) is 0. The van der Waals surface area contributed by atoms with Crippen molar-refractivity contribution in [3.63, 3.8) is 0 Å². The molecule has 3 aliphatic heterocycles. The van der Waals surface area contributed by atoms with E-state index in [9.17, 15) is 5.11 Å². The minimum absolute atomic E-state index is 0.0732. The van der Waals surface area contributed by atoms with E-state index in [-0.39, 0.29) is 17.6 Å². The predicted octanol–water partition coefficient (Wildman–Crippen LogP) is 1.04. The van der Waals surface area contributed by atoms with Crippen LogP contribution in [0, 0.1) is 5.41 Å². The fourth-order valence-corrected chi connectivity index (χ4v) is 3.03. The van der Waals surface area contributed by atoms with Crippen LogP contribution in [0.2, 0.25) is 0 Å². The summed E-state index contributed by atoms with van der Waals surface area (Å²) in [5.41, 5.74) is 0.145. The third kappa shape index (κ3) is 2.08. The van der Waals surface area contributed by atoms with Gasteiger partial charge in [-0.05, 0) is 25.7 Å². The number of fused-ring (bicyclic) bond motifs is 1. The molecule has 3 aliphatic rings. The zero-order chi connectivity index (χ0) is 13.1. The van der Waals surface area contributed by atoms with Gasteiger partial charge in [0.1, 0.15) is 18.3 Å². The lowest BCUT2D eigenvalue weighted by atomic mass is 9.88. The molecule has 0 spiro atoms. The quantitative estimate of drug-likeness (QED) is 0.761. The van der Waals surface area contributed by atoms with Gasteiger partial charge in [-0.15, -0.1) is 0 Å². The number of aliphatic hydroxyl groups is 1. The number of rotatable bonds is 1. The lowest BCUT2D eigenvalue weighted by Gasteiger charge is -2.26. The van der Waals surface area contributed by atoms with Crippen molar-refractivity contribution < 1.29 is 24.1 Å². The van der Waals surface area contributed by atoms with E-state index in [0.29, 0.717) is 6.61 Å². The van der Waals surface area contributed by atoms with Gasteiger partial charge in [-0.1, -0.05) is 13.8 Å². The number of hydrogen-bond donors (Lipinski definition) is 1. The monoisotopic (exact) mass is 258 g/mol. The summed E-state index contributed by atoms with van der Waals surface area (Å²) in [4.78, 5) is 0. The first-order chi connectivity index (χ1) is 8.27. The molecule has 0 radical (unpaired) electrons. The van der Waals surface area contributed by atoms with E-state index in [1.165, 1.54) is 0 Å². The standard InChI is InChI=1S/C13H22O5/c1-12(2)5-7(15-6-12)9-8(14)10-11(16-9)18-13(3,4)17-10/h7-11,14H,5-6H2,1-4H3. The Morgan fingerprint density at radius 2 is 1.78 bits per heavy atom. The lowest BCUT2D eigenvalue weighted by molar-refractivity contribution is -0.226. The van der Waals surface area contributed by atoms with Crippen molar-refractivity contribution in [3.8, 4) is 0 Å². The SMILES string of the molecule is CC1(C)COC(C2OC3OC(C)(C)OC3C2O)C1. The number of ether oxygens (including phenoxy) is 4. The minimum Gasteiger partial charge on any atom is -0.387 e. The minimum atomic E-state index is -0.685. The zero-order valence-corrected chi connectivity index (χ0v) is 11.4. The largest absolute Gasteiger partial charge is 0.387 e. The molecule has 5 atom stereocenters. The normalized spacial score (nSPS) is 49.5. The van der Waals surface area contributed by atoms with Gasteiger partial charge >= 0.3 is 0 Å². The third-order valence-electron chi connectivity index (χ3n) is 3.86. The summed E-state index contributed by atoms with van der Waals surface area (Å²) < 4.78 is 22.8. The molecule has 5 unspecified atom stereocenters. The van der Waals surface area contributed by atoms with E-state index < -0.39 is 24.3 Å². The molecule has 3 saturated heterocycles. The predicted molar refractivity (Wildman–Crippen MR) is 62.8 cm³/mol. The van der Waals surface area contributed by atoms with Crippen LogP contribution < -0.4 is 0 Å². The molecule has 3 rings (SSSR count). The molecule has 3 fully saturated rings. The summed E-state index contributed by atoms with van der Waals surface area (Å²) in [5.74, 6) is -0.683. The molecule has 1 N–H and O–H groups in total. The molecule has 0 amide bonds. The van der Waals surface area contributed by atoms with Gasteiger partial charge in [0.15, 0.2) is 12.1 Å². The van der Waals surface area contributed by atoms with E-state index in [1.807, 2.05) is 13.8 Å². The van der Waals surface area contributed by atoms with Crippen LogP contribution in [0.3, 0.4) is 0 Å². The van der Waals surface area contributed by atoms with E-state index in [2.05, 4.69) is 13.8 Å². The molecular weight excluding hydrogens is 236 g/mol. The van der Waals surface area contributed by atoms with Crippen molar-refractivity contribution >= 4 is 0 Å². The molecule has 18 heavy (non-hydrogen) atoms. The first-order valence-corrected chi connectivity index (χ1v) is 6.58. The Morgan fingerprint density at radius 3 is 2.33 bits per heavy atom. The van der Waals surface area contributed by atoms with Crippen LogP contribution in [0.1, 0.15) is 34.1 Å². The van der Waals surface area contributed by atoms with Gasteiger partial charge in [0, 0.05) is 0 Å². The van der Waals surface area contributed by atoms with Crippen LogP contribution in [0.4, 0.5) is 0 Å². The van der Waals surface area contributed by atoms with E-state index >= 15 is 0 Å². The first-order valence-electron chi connectivity index (χ1n) is 6.58. The highest BCUT2D eigenvalue weighted by Crippen LogP contribution is 2.42. The topological polar surface area (TPSA) is 57.2 Å². The van der Waals surface area contributed by atoms with Gasteiger partial charge in [-0.3, -0.25) is 0 Å².